The van der Waals surface area contributed by atoms with Crippen molar-refractivity contribution in [3.05, 3.63) is 223 Å². The summed E-state index contributed by atoms with van der Waals surface area (Å²) in [5.74, 6) is 2.00. The van der Waals surface area contributed by atoms with Crippen molar-refractivity contribution in [2.45, 2.75) is 85.5 Å². The average Bonchev–Trinajstić information content (AvgIpc) is 3.91. The van der Waals surface area contributed by atoms with Gasteiger partial charge in [-0.2, -0.15) is 12.1 Å². The first kappa shape index (κ1) is 49.4. The molecule has 0 aliphatic carbocycles. The summed E-state index contributed by atoms with van der Waals surface area (Å²) in [6, 6.07) is 70.4. The van der Waals surface area contributed by atoms with Crippen molar-refractivity contribution >= 4 is 44.6 Å². The Morgan fingerprint density at radius 1 is 0.479 bits per heavy atom. The standard InChI is InChI=1S/C67H61N4O.Pt/c1-44-33-64(68-42-59(44)49-23-17-24-50(34-49)65(2,3)4)71-60-31-27-47(45-19-13-11-14-20-45)35-58(60)57-30-29-56(41-62(57)71)72-55-26-18-25-53(40-55)69-43-70(54-38-51(66(5,6)7)37-52(39-54)67(8,9)10)63-36-48(28-32-61(63)69)46-21-15-12-16-22-46;/h11-39,42-43H,1-10H3;/q-3;. The Balaban J connectivity index is 0.00000611. The molecule has 0 N–H and O–H groups in total. The summed E-state index contributed by atoms with van der Waals surface area (Å²) in [5.41, 5.74) is 18.0. The number of ether oxygens (including phenoxy) is 1. The fourth-order valence-corrected chi connectivity index (χ4v) is 9.89. The van der Waals surface area contributed by atoms with Crippen LogP contribution in [0, 0.1) is 25.7 Å². The second kappa shape index (κ2) is 19.0. The van der Waals surface area contributed by atoms with Gasteiger partial charge < -0.3 is 19.1 Å². The molecule has 11 rings (SSSR count). The van der Waals surface area contributed by atoms with E-state index in [0.29, 0.717) is 11.5 Å². The van der Waals surface area contributed by atoms with Crippen LogP contribution in [0.4, 0.5) is 22.7 Å². The Morgan fingerprint density at radius 3 is 1.75 bits per heavy atom. The van der Waals surface area contributed by atoms with Crippen molar-refractivity contribution in [1.82, 2.24) is 9.55 Å². The maximum Gasteiger partial charge on any atom is 0.135 e. The maximum absolute atomic E-state index is 6.79. The van der Waals surface area contributed by atoms with Crippen molar-refractivity contribution < 1.29 is 25.8 Å². The third kappa shape index (κ3) is 9.64. The molecule has 2 aromatic heterocycles. The van der Waals surface area contributed by atoms with Gasteiger partial charge in [0.25, 0.3) is 0 Å². The number of aryl methyl sites for hydroxylation is 1. The zero-order chi connectivity index (χ0) is 50.1. The summed E-state index contributed by atoms with van der Waals surface area (Å²) in [4.78, 5) is 9.75. The summed E-state index contributed by atoms with van der Waals surface area (Å²) in [6.07, 6.45) is 2.02. The van der Waals surface area contributed by atoms with Gasteiger partial charge in [-0.25, -0.2) is 4.98 Å². The molecule has 0 atom stereocenters. The minimum absolute atomic E-state index is 0. The molecule has 0 saturated heterocycles. The first-order valence-corrected chi connectivity index (χ1v) is 25.1. The SMILES string of the molecule is Cc1cc(-n2c3[c-]c(Oc4[c-]c(N5[CH-]N(c6cc(C(C)(C)C)cc(C(C)(C)C)c6)c6cc(-c7ccccc7)ccc65)ccc4)ccc3c3cc(-c4ccccc4)ccc32)ncc1-c1cccc(C(C)(C)C)c1.[Pt]. The minimum Gasteiger partial charge on any atom is -0.509 e. The second-order valence-corrected chi connectivity index (χ2v) is 22.4. The number of pyridine rings is 1. The van der Waals surface area contributed by atoms with E-state index in [1.165, 1.54) is 33.4 Å². The maximum atomic E-state index is 6.79. The second-order valence-electron chi connectivity index (χ2n) is 22.4. The summed E-state index contributed by atoms with van der Waals surface area (Å²) in [6.45, 7) is 24.9. The van der Waals surface area contributed by atoms with Gasteiger partial charge in [-0.05, 0) is 115 Å². The van der Waals surface area contributed by atoms with Crippen molar-refractivity contribution in [3.8, 4) is 50.7 Å². The molecule has 368 valence electrons. The van der Waals surface area contributed by atoms with Crippen LogP contribution in [0.25, 0.3) is 61.0 Å². The number of rotatable bonds is 8. The van der Waals surface area contributed by atoms with Gasteiger partial charge >= 0.3 is 0 Å². The van der Waals surface area contributed by atoms with Crippen LogP contribution in [0.1, 0.15) is 84.6 Å². The van der Waals surface area contributed by atoms with E-state index in [0.717, 1.165) is 72.6 Å². The Kier molecular flexibility index (Phi) is 12.9. The number of nitrogens with zero attached hydrogens (tertiary/aromatic N) is 4. The van der Waals surface area contributed by atoms with E-state index >= 15 is 0 Å². The number of hydrogen-bond acceptors (Lipinski definition) is 4. The van der Waals surface area contributed by atoms with Crippen LogP contribution < -0.4 is 14.5 Å². The molecule has 6 heteroatoms. The zero-order valence-electron chi connectivity index (χ0n) is 43.4. The molecule has 0 bridgehead atoms. The molecule has 0 fully saturated rings. The number of anilines is 4. The van der Waals surface area contributed by atoms with Gasteiger partial charge in [0.2, 0.25) is 0 Å². The molecule has 0 saturated carbocycles. The Labute approximate surface area is 446 Å². The Bertz CT molecular complexity index is 3630. The van der Waals surface area contributed by atoms with Crippen LogP contribution in [-0.4, -0.2) is 9.55 Å². The summed E-state index contributed by atoms with van der Waals surface area (Å²) < 4.78 is 9.01. The summed E-state index contributed by atoms with van der Waals surface area (Å²) in [5, 5.41) is 2.19. The molecule has 0 radical (unpaired) electrons. The van der Waals surface area contributed by atoms with Gasteiger partial charge in [0, 0.05) is 66.9 Å². The first-order chi connectivity index (χ1) is 34.5. The van der Waals surface area contributed by atoms with E-state index in [2.05, 4.69) is 260 Å². The number of hydrogen-bond donors (Lipinski definition) is 0. The molecule has 0 unspecified atom stereocenters. The minimum atomic E-state index is -0.0394. The first-order valence-electron chi connectivity index (χ1n) is 25.1. The molecular formula is C67H61N4OPt-3. The van der Waals surface area contributed by atoms with Crippen LogP contribution in [-0.2, 0) is 37.3 Å². The van der Waals surface area contributed by atoms with Crippen LogP contribution in [0.3, 0.4) is 0 Å². The third-order valence-electron chi connectivity index (χ3n) is 14.1. The van der Waals surface area contributed by atoms with E-state index in [9.17, 15) is 0 Å². The fourth-order valence-electron chi connectivity index (χ4n) is 9.89. The van der Waals surface area contributed by atoms with E-state index < -0.39 is 0 Å². The van der Waals surface area contributed by atoms with Gasteiger partial charge in [-0.1, -0.05) is 177 Å². The van der Waals surface area contributed by atoms with Crippen molar-refractivity contribution in [2.24, 2.45) is 0 Å². The Morgan fingerprint density at radius 2 is 1.10 bits per heavy atom. The molecule has 1 aliphatic rings. The number of aromatic nitrogens is 2. The molecule has 1 aliphatic heterocycles. The van der Waals surface area contributed by atoms with E-state index in [1.54, 1.807) is 0 Å². The van der Waals surface area contributed by atoms with Crippen LogP contribution in [0.5, 0.6) is 11.5 Å². The Hall–Kier alpha value is -7.20. The fraction of sp³-hybridized carbons (Fsp3) is 0.194. The zero-order valence-corrected chi connectivity index (χ0v) is 45.7. The van der Waals surface area contributed by atoms with Crippen LogP contribution >= 0.6 is 0 Å². The van der Waals surface area contributed by atoms with E-state index in [1.807, 2.05) is 24.4 Å². The molecule has 10 aromatic rings. The van der Waals surface area contributed by atoms with Crippen LogP contribution in [0.15, 0.2) is 182 Å². The average molecular weight is 1130 g/mol. The van der Waals surface area contributed by atoms with Gasteiger partial charge in [-0.3, -0.25) is 0 Å². The molecule has 3 heterocycles. The normalized spacial score (nSPS) is 12.8. The van der Waals surface area contributed by atoms with Crippen molar-refractivity contribution in [3.63, 3.8) is 0 Å². The topological polar surface area (TPSA) is 33.5 Å². The molecule has 8 aromatic carbocycles. The van der Waals surface area contributed by atoms with Gasteiger partial charge in [0.1, 0.15) is 5.82 Å². The monoisotopic (exact) mass is 1130 g/mol. The molecule has 5 nitrogen and oxygen atoms in total. The van der Waals surface area contributed by atoms with Gasteiger partial charge in [0.05, 0.1) is 0 Å². The largest absolute Gasteiger partial charge is 0.509 e. The quantitative estimate of drug-likeness (QED) is 0.142. The smallest absolute Gasteiger partial charge is 0.135 e. The van der Waals surface area contributed by atoms with Gasteiger partial charge in [0.15, 0.2) is 0 Å². The summed E-state index contributed by atoms with van der Waals surface area (Å²) in [7, 11) is 0. The van der Waals surface area contributed by atoms with E-state index in [-0.39, 0.29) is 37.3 Å². The van der Waals surface area contributed by atoms with Gasteiger partial charge in [-0.15, -0.1) is 48.1 Å². The van der Waals surface area contributed by atoms with E-state index in [4.69, 9.17) is 9.72 Å². The van der Waals surface area contributed by atoms with Crippen molar-refractivity contribution in [2.75, 3.05) is 9.80 Å². The van der Waals surface area contributed by atoms with Crippen molar-refractivity contribution in [1.29, 1.82) is 0 Å². The predicted molar refractivity (Wildman–Crippen MR) is 301 cm³/mol. The molecule has 73 heavy (non-hydrogen) atoms. The molecule has 0 spiro atoms. The molecule has 0 amide bonds. The number of fused-ring (bicyclic) bond motifs is 4. The predicted octanol–water partition coefficient (Wildman–Crippen LogP) is 18.2. The third-order valence-corrected chi connectivity index (χ3v) is 14.1. The molecular weight excluding hydrogens is 1070 g/mol. The van der Waals surface area contributed by atoms with Crippen LogP contribution in [0.2, 0.25) is 0 Å². The number of benzene rings is 8. The summed E-state index contributed by atoms with van der Waals surface area (Å²) >= 11 is 0.